The van der Waals surface area contributed by atoms with Gasteiger partial charge in [-0.1, -0.05) is 0 Å². The lowest BCUT2D eigenvalue weighted by Crippen LogP contribution is -2.46. The summed E-state index contributed by atoms with van der Waals surface area (Å²) in [6.07, 6.45) is 1.30. The lowest BCUT2D eigenvalue weighted by Gasteiger charge is -2.27. The Labute approximate surface area is 218 Å². The van der Waals surface area contributed by atoms with Gasteiger partial charge in [0.15, 0.2) is 17.6 Å². The number of benzene rings is 1. The highest BCUT2D eigenvalue weighted by atomic mass is 16.6. The number of ether oxygens (including phenoxy) is 4. The number of hydrogen-bond acceptors (Lipinski definition) is 9. The van der Waals surface area contributed by atoms with Crippen molar-refractivity contribution in [3.63, 3.8) is 0 Å². The molecule has 3 fully saturated rings. The zero-order valence-electron chi connectivity index (χ0n) is 20.9. The maximum Gasteiger partial charge on any atom is 0.415 e. The van der Waals surface area contributed by atoms with Crippen LogP contribution in [0.25, 0.3) is 11.0 Å². The summed E-state index contributed by atoms with van der Waals surface area (Å²) >= 11 is 0. The van der Waals surface area contributed by atoms with Crippen molar-refractivity contribution in [2.75, 3.05) is 56.3 Å². The summed E-state index contributed by atoms with van der Waals surface area (Å²) in [7, 11) is 1.60. The number of pyridine rings is 2. The normalized spacial score (nSPS) is 24.1. The molecule has 4 aliphatic rings. The second kappa shape index (κ2) is 8.93. The molecule has 6 heterocycles. The van der Waals surface area contributed by atoms with Crippen LogP contribution in [0.3, 0.4) is 0 Å². The van der Waals surface area contributed by atoms with Crippen LogP contribution in [-0.2, 0) is 9.53 Å². The highest BCUT2D eigenvalue weighted by Crippen LogP contribution is 2.38. The lowest BCUT2D eigenvalue weighted by molar-refractivity contribution is -0.139. The van der Waals surface area contributed by atoms with Crippen LogP contribution in [-0.4, -0.2) is 85.5 Å². The lowest BCUT2D eigenvalue weighted by atomic mass is 10.0. The molecule has 1 aromatic carbocycles. The van der Waals surface area contributed by atoms with Crippen LogP contribution in [0.15, 0.2) is 42.6 Å². The summed E-state index contributed by atoms with van der Waals surface area (Å²) in [5.41, 5.74) is 3.18. The van der Waals surface area contributed by atoms with Gasteiger partial charge in [-0.3, -0.25) is 14.7 Å². The first-order valence-electron chi connectivity index (χ1n) is 12.8. The Kier molecular flexibility index (Phi) is 5.38. The van der Waals surface area contributed by atoms with E-state index in [0.717, 1.165) is 29.7 Å². The second-order valence-corrected chi connectivity index (χ2v) is 9.92. The maximum absolute atomic E-state index is 13.6. The van der Waals surface area contributed by atoms with Crippen molar-refractivity contribution in [3.05, 3.63) is 42.6 Å². The summed E-state index contributed by atoms with van der Waals surface area (Å²) in [4.78, 5) is 41.1. The van der Waals surface area contributed by atoms with Gasteiger partial charge in [0.25, 0.3) is 5.91 Å². The molecule has 0 aliphatic carbocycles. The number of likely N-dealkylation sites (tertiary alicyclic amines) is 1. The van der Waals surface area contributed by atoms with Crippen molar-refractivity contribution < 1.29 is 28.5 Å². The molecule has 0 radical (unpaired) electrons. The van der Waals surface area contributed by atoms with Gasteiger partial charge in [-0.25, -0.2) is 9.78 Å². The van der Waals surface area contributed by atoms with Gasteiger partial charge in [-0.05, 0) is 30.7 Å². The first kappa shape index (κ1) is 22.9. The first-order chi connectivity index (χ1) is 18.6. The van der Waals surface area contributed by atoms with E-state index >= 15 is 0 Å². The molecular formula is C27H27N5O6. The van der Waals surface area contributed by atoms with Gasteiger partial charge < -0.3 is 28.7 Å². The number of nitrogens with zero attached hydrogens (tertiary/aromatic N) is 5. The zero-order chi connectivity index (χ0) is 25.8. The van der Waals surface area contributed by atoms with Crippen LogP contribution in [0, 0.1) is 5.92 Å². The minimum atomic E-state index is -0.851. The standard InChI is InChI=1S/C27H27N5O6/c1-35-24-5-3-18-25(29-24)19(6-8-28-18)30-13-16-7-9-31(20(16)14-30)26(33)23-15-32(27(34)38-23)17-2-4-21-22(12-17)37-11-10-36-21/h2-6,8,12,16,20,23H,7,9-11,13-15H2,1H3/t16-,20+,23+/m1/s1. The van der Waals surface area contributed by atoms with E-state index in [2.05, 4.69) is 14.9 Å². The third kappa shape index (κ3) is 3.72. The van der Waals surface area contributed by atoms with Crippen LogP contribution < -0.4 is 24.0 Å². The third-order valence-corrected chi connectivity index (χ3v) is 7.84. The SMILES string of the molecule is COc1ccc2nccc(N3C[C@H]4CCN(C(=O)[C@@H]5CN(c6ccc7c(c6)OCCO7)C(=O)O5)[C@H]4C3)c2n1. The Morgan fingerprint density at radius 3 is 2.79 bits per heavy atom. The molecule has 2 aromatic heterocycles. The van der Waals surface area contributed by atoms with E-state index in [9.17, 15) is 9.59 Å². The van der Waals surface area contributed by atoms with Crippen LogP contribution in [0.2, 0.25) is 0 Å². The Balaban J connectivity index is 1.08. The quantitative estimate of drug-likeness (QED) is 0.516. The molecule has 3 saturated heterocycles. The van der Waals surface area contributed by atoms with E-state index in [1.54, 1.807) is 37.6 Å². The van der Waals surface area contributed by atoms with Gasteiger partial charge in [-0.2, -0.15) is 0 Å². The van der Waals surface area contributed by atoms with E-state index < -0.39 is 12.2 Å². The number of cyclic esters (lactones) is 1. The van der Waals surface area contributed by atoms with Gasteiger partial charge >= 0.3 is 6.09 Å². The smallest absolute Gasteiger partial charge is 0.415 e. The topological polar surface area (TPSA) is 107 Å². The molecule has 196 valence electrons. The number of carbonyl (C=O) groups is 2. The number of carbonyl (C=O) groups excluding carboxylic acids is 2. The molecule has 0 saturated carbocycles. The van der Waals surface area contributed by atoms with Crippen molar-refractivity contribution in [3.8, 4) is 17.4 Å². The fourth-order valence-corrected chi connectivity index (χ4v) is 5.98. The molecule has 2 amide bonds. The Morgan fingerprint density at radius 1 is 1.05 bits per heavy atom. The molecule has 11 heteroatoms. The monoisotopic (exact) mass is 517 g/mol. The fraction of sp³-hybridized carbons (Fsp3) is 0.407. The van der Waals surface area contributed by atoms with Crippen LogP contribution >= 0.6 is 0 Å². The molecule has 3 atom stereocenters. The Morgan fingerprint density at radius 2 is 1.92 bits per heavy atom. The van der Waals surface area contributed by atoms with Crippen LogP contribution in [0.4, 0.5) is 16.2 Å². The van der Waals surface area contributed by atoms with Gasteiger partial charge in [-0.15, -0.1) is 0 Å². The Bertz CT molecular complexity index is 1430. The number of rotatable bonds is 4. The highest BCUT2D eigenvalue weighted by Gasteiger charge is 2.48. The molecule has 0 unspecified atom stereocenters. The summed E-state index contributed by atoms with van der Waals surface area (Å²) < 4.78 is 22.1. The van der Waals surface area contributed by atoms with Crippen molar-refractivity contribution in [2.24, 2.45) is 5.92 Å². The molecule has 0 bridgehead atoms. The summed E-state index contributed by atoms with van der Waals surface area (Å²) in [5, 5.41) is 0. The predicted molar refractivity (Wildman–Crippen MR) is 137 cm³/mol. The minimum absolute atomic E-state index is 0.0402. The molecule has 0 N–H and O–H groups in total. The molecule has 38 heavy (non-hydrogen) atoms. The number of methoxy groups -OCH3 is 1. The summed E-state index contributed by atoms with van der Waals surface area (Å²) in [6, 6.07) is 11.0. The maximum atomic E-state index is 13.6. The van der Waals surface area contributed by atoms with Crippen LogP contribution in [0.1, 0.15) is 6.42 Å². The Hall–Kier alpha value is -4.28. The van der Waals surface area contributed by atoms with E-state index in [4.69, 9.17) is 18.9 Å². The zero-order valence-corrected chi connectivity index (χ0v) is 20.9. The summed E-state index contributed by atoms with van der Waals surface area (Å²) in [5.74, 6) is 1.95. The molecule has 3 aromatic rings. The van der Waals surface area contributed by atoms with Gasteiger partial charge in [0, 0.05) is 43.9 Å². The van der Waals surface area contributed by atoms with E-state index in [1.165, 1.54) is 4.90 Å². The molecule has 0 spiro atoms. The van der Waals surface area contributed by atoms with Gasteiger partial charge in [0.2, 0.25) is 5.88 Å². The number of aromatic nitrogens is 2. The number of hydrogen-bond donors (Lipinski definition) is 0. The fourth-order valence-electron chi connectivity index (χ4n) is 5.98. The average Bonchev–Trinajstić information content (AvgIpc) is 3.66. The van der Waals surface area contributed by atoms with E-state index in [1.807, 2.05) is 17.0 Å². The third-order valence-electron chi connectivity index (χ3n) is 7.84. The van der Waals surface area contributed by atoms with E-state index in [-0.39, 0.29) is 18.5 Å². The average molecular weight is 518 g/mol. The minimum Gasteiger partial charge on any atom is -0.486 e. The number of anilines is 2. The molecule has 11 nitrogen and oxygen atoms in total. The number of amides is 2. The molecular weight excluding hydrogens is 490 g/mol. The second-order valence-electron chi connectivity index (χ2n) is 9.92. The van der Waals surface area contributed by atoms with Crippen molar-refractivity contribution >= 4 is 34.4 Å². The largest absolute Gasteiger partial charge is 0.486 e. The molecule has 4 aliphatic heterocycles. The summed E-state index contributed by atoms with van der Waals surface area (Å²) in [6.45, 7) is 3.26. The number of fused-ring (bicyclic) bond motifs is 3. The highest BCUT2D eigenvalue weighted by molar-refractivity contribution is 5.96. The van der Waals surface area contributed by atoms with Gasteiger partial charge in [0.1, 0.15) is 18.7 Å². The molecule has 7 rings (SSSR count). The first-order valence-corrected chi connectivity index (χ1v) is 12.8. The van der Waals surface area contributed by atoms with Crippen molar-refractivity contribution in [1.29, 1.82) is 0 Å². The van der Waals surface area contributed by atoms with E-state index in [0.29, 0.717) is 55.3 Å². The van der Waals surface area contributed by atoms with Gasteiger partial charge in [0.05, 0.1) is 36.6 Å². The van der Waals surface area contributed by atoms with Crippen LogP contribution in [0.5, 0.6) is 17.4 Å². The predicted octanol–water partition coefficient (Wildman–Crippen LogP) is 2.47. The van der Waals surface area contributed by atoms with Crippen molar-refractivity contribution in [2.45, 2.75) is 18.6 Å². The van der Waals surface area contributed by atoms with Crippen molar-refractivity contribution in [1.82, 2.24) is 14.9 Å².